The molecule has 1 aromatic carbocycles. The molecule has 1 atom stereocenters. The molecular weight excluding hydrogens is 384 g/mol. The second-order valence-corrected chi connectivity index (χ2v) is 11.0. The summed E-state index contributed by atoms with van der Waals surface area (Å²) in [6.07, 6.45) is 9.07. The number of fused-ring (bicyclic) bond motifs is 1. The van der Waals surface area contributed by atoms with Crippen molar-refractivity contribution in [1.29, 1.82) is 0 Å². The van der Waals surface area contributed by atoms with Gasteiger partial charge in [0.15, 0.2) is 0 Å². The molecule has 0 spiro atoms. The number of benzene rings is 1. The van der Waals surface area contributed by atoms with Crippen molar-refractivity contribution in [2.75, 3.05) is 26.2 Å². The van der Waals surface area contributed by atoms with Crippen LogP contribution in [0.25, 0.3) is 0 Å². The Kier molecular flexibility index (Phi) is 6.30. The molecule has 0 N–H and O–H groups in total. The van der Waals surface area contributed by atoms with E-state index in [1.54, 1.807) is 10.4 Å². The molecule has 6 heteroatoms. The molecule has 0 aromatic heterocycles. The molecule has 4 rings (SSSR count). The second-order valence-electron chi connectivity index (χ2n) is 9.02. The molecule has 1 aromatic rings. The second kappa shape index (κ2) is 8.76. The Morgan fingerprint density at radius 3 is 2.45 bits per heavy atom. The van der Waals surface area contributed by atoms with Crippen molar-refractivity contribution in [3.63, 3.8) is 0 Å². The number of sulfonamides is 1. The zero-order valence-corrected chi connectivity index (χ0v) is 18.4. The number of aryl methyl sites for hydroxylation is 2. The summed E-state index contributed by atoms with van der Waals surface area (Å²) in [7, 11) is -3.47. The molecule has 5 nitrogen and oxygen atoms in total. The molecule has 2 fully saturated rings. The summed E-state index contributed by atoms with van der Waals surface area (Å²) in [5, 5.41) is 0. The third-order valence-electron chi connectivity index (χ3n) is 7.17. The lowest BCUT2D eigenvalue weighted by Crippen LogP contribution is -2.47. The zero-order valence-electron chi connectivity index (χ0n) is 17.6. The van der Waals surface area contributed by atoms with Crippen molar-refractivity contribution in [3.05, 3.63) is 29.3 Å². The number of hydrogen-bond acceptors (Lipinski definition) is 3. The average Bonchev–Trinajstić information content (AvgIpc) is 2.78. The van der Waals surface area contributed by atoms with Gasteiger partial charge >= 0.3 is 0 Å². The van der Waals surface area contributed by atoms with E-state index in [0.717, 1.165) is 45.2 Å². The first-order chi connectivity index (χ1) is 14.0. The van der Waals surface area contributed by atoms with Crippen molar-refractivity contribution >= 4 is 15.9 Å². The Labute approximate surface area is 175 Å². The number of amides is 1. The predicted octanol–water partition coefficient (Wildman–Crippen LogP) is 3.61. The first-order valence-electron chi connectivity index (χ1n) is 11.4. The third-order valence-corrected chi connectivity index (χ3v) is 9.06. The lowest BCUT2D eigenvalue weighted by atomic mass is 9.92. The summed E-state index contributed by atoms with van der Waals surface area (Å²) in [6, 6.07) is 5.66. The number of piperidine rings is 2. The Morgan fingerprint density at radius 1 is 1.00 bits per heavy atom. The van der Waals surface area contributed by atoms with Crippen LogP contribution >= 0.6 is 0 Å². The maximum Gasteiger partial charge on any atom is 0.243 e. The standard InChI is InChI=1S/C23H34N2O3S/c1-2-18-6-5-13-24(17-18)23(26)20-11-14-25(15-12-20)29(27,28)22-10-9-19-7-3-4-8-21(19)16-22/h9-10,16,18,20H,2-8,11-15,17H2,1H3. The van der Waals surface area contributed by atoms with Gasteiger partial charge in [0.2, 0.25) is 15.9 Å². The van der Waals surface area contributed by atoms with E-state index < -0.39 is 10.0 Å². The highest BCUT2D eigenvalue weighted by Crippen LogP contribution is 2.29. The van der Waals surface area contributed by atoms with Gasteiger partial charge in [-0.2, -0.15) is 4.31 Å². The molecule has 160 valence electrons. The third kappa shape index (κ3) is 4.38. The van der Waals surface area contributed by atoms with Crippen molar-refractivity contribution in [1.82, 2.24) is 9.21 Å². The van der Waals surface area contributed by atoms with Gasteiger partial charge in [0.05, 0.1) is 4.90 Å². The topological polar surface area (TPSA) is 57.7 Å². The maximum atomic E-state index is 13.2. The van der Waals surface area contributed by atoms with Crippen LogP contribution in [0.15, 0.2) is 23.1 Å². The molecule has 1 aliphatic carbocycles. The van der Waals surface area contributed by atoms with Crippen LogP contribution in [0.3, 0.4) is 0 Å². The van der Waals surface area contributed by atoms with Crippen LogP contribution in [0, 0.1) is 11.8 Å². The predicted molar refractivity (Wildman–Crippen MR) is 114 cm³/mol. The molecule has 0 bridgehead atoms. The highest BCUT2D eigenvalue weighted by Gasteiger charge is 2.35. The fourth-order valence-electron chi connectivity index (χ4n) is 5.22. The molecule has 2 heterocycles. The van der Waals surface area contributed by atoms with Gasteiger partial charge in [-0.3, -0.25) is 4.79 Å². The SMILES string of the molecule is CCC1CCCN(C(=O)C2CCN(S(=O)(=O)c3ccc4c(c3)CCCC4)CC2)C1. The molecule has 29 heavy (non-hydrogen) atoms. The van der Waals surface area contributed by atoms with Gasteiger partial charge in [-0.1, -0.05) is 19.4 Å². The molecule has 1 unspecified atom stereocenters. The summed E-state index contributed by atoms with van der Waals surface area (Å²) in [4.78, 5) is 15.4. The summed E-state index contributed by atoms with van der Waals surface area (Å²) in [5.74, 6) is 0.840. The van der Waals surface area contributed by atoms with Crippen LogP contribution in [0.5, 0.6) is 0 Å². The van der Waals surface area contributed by atoms with Crippen molar-refractivity contribution in [3.8, 4) is 0 Å². The van der Waals surface area contributed by atoms with E-state index in [-0.39, 0.29) is 11.8 Å². The van der Waals surface area contributed by atoms with Crippen LogP contribution in [0.1, 0.15) is 63.0 Å². The fourth-order valence-corrected chi connectivity index (χ4v) is 6.74. The van der Waals surface area contributed by atoms with Gasteiger partial charge in [0, 0.05) is 32.1 Å². The Hall–Kier alpha value is -1.40. The van der Waals surface area contributed by atoms with Gasteiger partial charge in [-0.05, 0) is 80.5 Å². The molecule has 3 aliphatic rings. The summed E-state index contributed by atoms with van der Waals surface area (Å²) < 4.78 is 27.9. The number of hydrogen-bond donors (Lipinski definition) is 0. The maximum absolute atomic E-state index is 13.2. The Balaban J connectivity index is 1.39. The van der Waals surface area contributed by atoms with Gasteiger partial charge in [0.25, 0.3) is 0 Å². The minimum Gasteiger partial charge on any atom is -0.342 e. The van der Waals surface area contributed by atoms with Crippen LogP contribution in [-0.2, 0) is 27.7 Å². The molecule has 2 saturated heterocycles. The molecular formula is C23H34N2O3S. The van der Waals surface area contributed by atoms with Crippen LogP contribution < -0.4 is 0 Å². The van der Waals surface area contributed by atoms with Crippen molar-refractivity contribution in [2.45, 2.75) is 69.6 Å². The molecule has 2 aliphatic heterocycles. The van der Waals surface area contributed by atoms with Gasteiger partial charge < -0.3 is 4.90 Å². The zero-order chi connectivity index (χ0) is 20.4. The largest absolute Gasteiger partial charge is 0.342 e. The molecule has 0 saturated carbocycles. The number of rotatable bonds is 4. The highest BCUT2D eigenvalue weighted by molar-refractivity contribution is 7.89. The summed E-state index contributed by atoms with van der Waals surface area (Å²) >= 11 is 0. The van der Waals surface area contributed by atoms with Crippen LogP contribution in [0.4, 0.5) is 0 Å². The number of nitrogens with zero attached hydrogens (tertiary/aromatic N) is 2. The molecule has 0 radical (unpaired) electrons. The smallest absolute Gasteiger partial charge is 0.243 e. The van der Waals surface area contributed by atoms with E-state index in [1.807, 2.05) is 17.0 Å². The van der Waals surface area contributed by atoms with Crippen molar-refractivity contribution < 1.29 is 13.2 Å². The Bertz CT molecular complexity index is 844. The van der Waals surface area contributed by atoms with Gasteiger partial charge in [-0.15, -0.1) is 0 Å². The lowest BCUT2D eigenvalue weighted by Gasteiger charge is -2.37. The van der Waals surface area contributed by atoms with E-state index in [0.29, 0.717) is 36.7 Å². The van der Waals surface area contributed by atoms with Crippen LogP contribution in [0.2, 0.25) is 0 Å². The summed E-state index contributed by atoms with van der Waals surface area (Å²) in [6.45, 7) is 4.83. The van der Waals surface area contributed by atoms with Crippen LogP contribution in [-0.4, -0.2) is 49.7 Å². The van der Waals surface area contributed by atoms with E-state index >= 15 is 0 Å². The highest BCUT2D eigenvalue weighted by atomic mass is 32.2. The normalized spacial score (nSPS) is 24.3. The number of likely N-dealkylation sites (tertiary alicyclic amines) is 1. The molecule has 1 amide bonds. The first kappa shape index (κ1) is 20.9. The van der Waals surface area contributed by atoms with Gasteiger partial charge in [-0.25, -0.2) is 8.42 Å². The first-order valence-corrected chi connectivity index (χ1v) is 12.8. The van der Waals surface area contributed by atoms with Crippen molar-refractivity contribution in [2.24, 2.45) is 11.8 Å². The number of carbonyl (C=O) groups excluding carboxylic acids is 1. The van der Waals surface area contributed by atoms with E-state index in [4.69, 9.17) is 0 Å². The number of carbonyl (C=O) groups is 1. The minimum absolute atomic E-state index is 0.0272. The monoisotopic (exact) mass is 418 g/mol. The average molecular weight is 419 g/mol. The quantitative estimate of drug-likeness (QED) is 0.750. The van der Waals surface area contributed by atoms with E-state index in [9.17, 15) is 13.2 Å². The minimum atomic E-state index is -3.47. The fraction of sp³-hybridized carbons (Fsp3) is 0.696. The summed E-state index contributed by atoms with van der Waals surface area (Å²) in [5.41, 5.74) is 2.49. The van der Waals surface area contributed by atoms with Gasteiger partial charge in [0.1, 0.15) is 0 Å². The lowest BCUT2D eigenvalue weighted by molar-refractivity contribution is -0.138. The Morgan fingerprint density at radius 2 is 1.72 bits per heavy atom. The van der Waals surface area contributed by atoms with E-state index in [2.05, 4.69) is 6.92 Å². The van der Waals surface area contributed by atoms with E-state index in [1.165, 1.54) is 24.0 Å².